The van der Waals surface area contributed by atoms with Crippen LogP contribution in [-0.4, -0.2) is 15.8 Å². The molecule has 1 aromatic heterocycles. The molecule has 15 heavy (non-hydrogen) atoms. The van der Waals surface area contributed by atoms with Gasteiger partial charge in [0.25, 0.3) is 0 Å². The maximum atomic E-state index is 13.4. The fraction of sp³-hybridized carbons (Fsp3) is 0.0909. The van der Waals surface area contributed by atoms with Crippen molar-refractivity contribution in [1.29, 1.82) is 0 Å². The fourth-order valence-electron chi connectivity index (χ4n) is 1.44. The molecule has 4 heteroatoms. The number of hydrogen-bond acceptors (Lipinski definition) is 2. The highest BCUT2D eigenvalue weighted by Gasteiger charge is 2.10. The van der Waals surface area contributed by atoms with Gasteiger partial charge in [0.1, 0.15) is 17.3 Å². The second-order valence-electron chi connectivity index (χ2n) is 3.20. The van der Waals surface area contributed by atoms with E-state index in [0.29, 0.717) is 23.4 Å². The van der Waals surface area contributed by atoms with E-state index in [1.54, 1.807) is 36.0 Å². The molecule has 0 N–H and O–H groups in total. The summed E-state index contributed by atoms with van der Waals surface area (Å²) in [6, 6.07) is 6.34. The Morgan fingerprint density at radius 1 is 1.40 bits per heavy atom. The molecule has 0 fully saturated rings. The largest absolute Gasteiger partial charge is 0.333 e. The van der Waals surface area contributed by atoms with Crippen LogP contribution in [0.3, 0.4) is 0 Å². The third-order valence-electron chi connectivity index (χ3n) is 2.13. The van der Waals surface area contributed by atoms with Crippen molar-refractivity contribution in [2.75, 3.05) is 0 Å². The normalized spacial score (nSPS) is 10.3. The van der Waals surface area contributed by atoms with Crippen LogP contribution >= 0.6 is 0 Å². The van der Waals surface area contributed by atoms with E-state index < -0.39 is 0 Å². The maximum Gasteiger partial charge on any atom is 0.170 e. The fourth-order valence-corrected chi connectivity index (χ4v) is 1.44. The van der Waals surface area contributed by atoms with Gasteiger partial charge in [-0.05, 0) is 12.1 Å². The van der Waals surface area contributed by atoms with Crippen LogP contribution in [0.15, 0.2) is 30.5 Å². The first kappa shape index (κ1) is 9.58. The van der Waals surface area contributed by atoms with Gasteiger partial charge in [0, 0.05) is 13.2 Å². The number of carbonyl (C=O) groups is 1. The number of aldehydes is 1. The lowest BCUT2D eigenvalue weighted by atomic mass is 10.2. The Bertz CT molecular complexity index is 505. The number of aryl methyl sites for hydroxylation is 1. The summed E-state index contributed by atoms with van der Waals surface area (Å²) in [6.45, 7) is 0. The Balaban J connectivity index is 2.58. The molecule has 1 aromatic carbocycles. The van der Waals surface area contributed by atoms with Gasteiger partial charge in [-0.3, -0.25) is 4.79 Å². The van der Waals surface area contributed by atoms with E-state index in [2.05, 4.69) is 4.98 Å². The smallest absolute Gasteiger partial charge is 0.170 e. The molecule has 1 heterocycles. The summed E-state index contributed by atoms with van der Waals surface area (Å²) in [5, 5.41) is 0. The topological polar surface area (TPSA) is 34.9 Å². The maximum absolute atomic E-state index is 13.4. The zero-order chi connectivity index (χ0) is 10.8. The van der Waals surface area contributed by atoms with Crippen molar-refractivity contribution < 1.29 is 9.18 Å². The van der Waals surface area contributed by atoms with Crippen molar-refractivity contribution in [2.24, 2.45) is 7.05 Å². The number of aromatic nitrogens is 2. The molecule has 0 saturated heterocycles. The van der Waals surface area contributed by atoms with Crippen LogP contribution in [0.4, 0.5) is 4.39 Å². The molecule has 2 aromatic rings. The van der Waals surface area contributed by atoms with Gasteiger partial charge in [-0.15, -0.1) is 0 Å². The molecule has 3 nitrogen and oxygen atoms in total. The van der Waals surface area contributed by atoms with E-state index in [1.165, 1.54) is 6.07 Å². The Kier molecular flexibility index (Phi) is 2.33. The Morgan fingerprint density at radius 2 is 2.13 bits per heavy atom. The van der Waals surface area contributed by atoms with E-state index in [4.69, 9.17) is 0 Å². The molecule has 0 bridgehead atoms. The predicted molar refractivity (Wildman–Crippen MR) is 54.0 cm³/mol. The van der Waals surface area contributed by atoms with Gasteiger partial charge in [0.05, 0.1) is 5.56 Å². The van der Waals surface area contributed by atoms with Crippen molar-refractivity contribution >= 4 is 6.29 Å². The first-order valence-electron chi connectivity index (χ1n) is 4.46. The van der Waals surface area contributed by atoms with E-state index in [9.17, 15) is 9.18 Å². The molecule has 0 aliphatic rings. The first-order chi connectivity index (χ1) is 7.22. The highest BCUT2D eigenvalue weighted by Crippen LogP contribution is 2.20. The number of halogens is 1. The second kappa shape index (κ2) is 3.65. The van der Waals surface area contributed by atoms with Gasteiger partial charge in [-0.25, -0.2) is 9.37 Å². The van der Waals surface area contributed by atoms with Crippen LogP contribution in [0.1, 0.15) is 10.5 Å². The summed E-state index contributed by atoms with van der Waals surface area (Å²) in [4.78, 5) is 14.5. The summed E-state index contributed by atoms with van der Waals surface area (Å²) in [5.74, 6) is 0.110. The van der Waals surface area contributed by atoms with Crippen LogP contribution in [0.2, 0.25) is 0 Å². The molecule has 0 spiro atoms. The van der Waals surface area contributed by atoms with E-state index in [0.717, 1.165) is 0 Å². The molecule has 76 valence electrons. The highest BCUT2D eigenvalue weighted by molar-refractivity contribution is 5.73. The van der Waals surface area contributed by atoms with Crippen molar-refractivity contribution in [3.8, 4) is 11.4 Å². The summed E-state index contributed by atoms with van der Waals surface area (Å²) in [5.41, 5.74) is 0.698. The number of hydrogen-bond donors (Lipinski definition) is 0. The molecule has 0 atom stereocenters. The number of nitrogens with zero attached hydrogens (tertiary/aromatic N) is 2. The van der Waals surface area contributed by atoms with Gasteiger partial charge in [-0.2, -0.15) is 0 Å². The number of imidazole rings is 1. The minimum absolute atomic E-state index is 0.302. The Morgan fingerprint density at radius 3 is 2.73 bits per heavy atom. The number of benzene rings is 1. The van der Waals surface area contributed by atoms with E-state index in [1.807, 2.05) is 0 Å². The molecule has 0 radical (unpaired) electrons. The van der Waals surface area contributed by atoms with Crippen LogP contribution in [0.25, 0.3) is 11.4 Å². The van der Waals surface area contributed by atoms with Crippen LogP contribution < -0.4 is 0 Å². The van der Waals surface area contributed by atoms with Crippen LogP contribution in [0.5, 0.6) is 0 Å². The SMILES string of the molecule is Cn1cc(C=O)nc1-c1ccccc1F. The molecule has 0 aliphatic carbocycles. The quantitative estimate of drug-likeness (QED) is 0.701. The summed E-state index contributed by atoms with van der Waals surface area (Å²) < 4.78 is 15.1. The van der Waals surface area contributed by atoms with Gasteiger partial charge in [0.15, 0.2) is 6.29 Å². The van der Waals surface area contributed by atoms with Crippen molar-refractivity contribution in [2.45, 2.75) is 0 Å². The van der Waals surface area contributed by atoms with Crippen molar-refractivity contribution in [1.82, 2.24) is 9.55 Å². The van der Waals surface area contributed by atoms with E-state index in [-0.39, 0.29) is 5.82 Å². The molecular weight excluding hydrogens is 195 g/mol. The summed E-state index contributed by atoms with van der Waals surface area (Å²) >= 11 is 0. The Labute approximate surface area is 86.2 Å². The van der Waals surface area contributed by atoms with Gasteiger partial charge < -0.3 is 4.57 Å². The monoisotopic (exact) mass is 204 g/mol. The molecule has 2 rings (SSSR count). The lowest BCUT2D eigenvalue weighted by Gasteiger charge is -2.01. The number of rotatable bonds is 2. The average molecular weight is 204 g/mol. The van der Waals surface area contributed by atoms with Crippen LogP contribution in [-0.2, 0) is 7.05 Å². The first-order valence-corrected chi connectivity index (χ1v) is 4.46. The Hall–Kier alpha value is -1.97. The van der Waals surface area contributed by atoms with E-state index >= 15 is 0 Å². The molecular formula is C11H9FN2O. The molecule has 0 aliphatic heterocycles. The zero-order valence-corrected chi connectivity index (χ0v) is 8.14. The van der Waals surface area contributed by atoms with Gasteiger partial charge >= 0.3 is 0 Å². The average Bonchev–Trinajstić information content (AvgIpc) is 2.60. The predicted octanol–water partition coefficient (Wildman–Crippen LogP) is 2.04. The third-order valence-corrected chi connectivity index (χ3v) is 2.13. The highest BCUT2D eigenvalue weighted by atomic mass is 19.1. The molecule has 0 unspecified atom stereocenters. The number of carbonyl (C=O) groups excluding carboxylic acids is 1. The lowest BCUT2D eigenvalue weighted by Crippen LogP contribution is -1.93. The standard InChI is InChI=1S/C11H9FN2O/c1-14-6-8(7-15)13-11(14)9-4-2-3-5-10(9)12/h2-7H,1H3. The molecule has 0 amide bonds. The minimum Gasteiger partial charge on any atom is -0.333 e. The van der Waals surface area contributed by atoms with Crippen molar-refractivity contribution in [3.63, 3.8) is 0 Å². The minimum atomic E-state index is -0.344. The van der Waals surface area contributed by atoms with Gasteiger partial charge in [0.2, 0.25) is 0 Å². The summed E-state index contributed by atoms with van der Waals surface area (Å²) in [6.07, 6.45) is 2.21. The summed E-state index contributed by atoms with van der Waals surface area (Å²) in [7, 11) is 1.72. The van der Waals surface area contributed by atoms with Crippen molar-refractivity contribution in [3.05, 3.63) is 42.0 Å². The molecule has 0 saturated carbocycles. The second-order valence-corrected chi connectivity index (χ2v) is 3.20. The van der Waals surface area contributed by atoms with Gasteiger partial charge in [-0.1, -0.05) is 12.1 Å². The zero-order valence-electron chi connectivity index (χ0n) is 8.14. The van der Waals surface area contributed by atoms with Crippen LogP contribution in [0, 0.1) is 5.82 Å². The lowest BCUT2D eigenvalue weighted by molar-refractivity contribution is 0.111. The third kappa shape index (κ3) is 1.66.